The molecule has 0 atom stereocenters. The highest BCUT2D eigenvalue weighted by Crippen LogP contribution is 2.15. The zero-order valence-corrected chi connectivity index (χ0v) is 14.3. The number of hydrogen-bond acceptors (Lipinski definition) is 9. The van der Waals surface area contributed by atoms with Gasteiger partial charge in [0.25, 0.3) is 0 Å². The Morgan fingerprint density at radius 2 is 2.26 bits per heavy atom. The first-order valence-corrected chi connectivity index (χ1v) is 8.11. The minimum atomic E-state index is -0.602. The summed E-state index contributed by atoms with van der Waals surface area (Å²) in [5, 5.41) is 14.7. The molecule has 0 aliphatic carbocycles. The van der Waals surface area contributed by atoms with Crippen LogP contribution in [0.25, 0.3) is 0 Å². The monoisotopic (exact) mass is 374 g/mol. The average molecular weight is 374 g/mol. The van der Waals surface area contributed by atoms with Crippen molar-refractivity contribution in [2.24, 2.45) is 10.7 Å². The van der Waals surface area contributed by atoms with Crippen LogP contribution in [0.2, 0.25) is 0 Å². The Bertz CT molecular complexity index is 906. The molecule has 0 radical (unpaired) electrons. The van der Waals surface area contributed by atoms with Gasteiger partial charge in [-0.2, -0.15) is 4.98 Å². The Morgan fingerprint density at radius 3 is 3.07 bits per heavy atom. The third-order valence-electron chi connectivity index (χ3n) is 3.50. The quantitative estimate of drug-likeness (QED) is 0.340. The fourth-order valence-corrected chi connectivity index (χ4v) is 2.22. The fraction of sp³-hybridized carbons (Fsp3) is 0.267. The largest absolute Gasteiger partial charge is 0.395 e. The molecule has 0 saturated heterocycles. The van der Waals surface area contributed by atoms with E-state index < -0.39 is 5.82 Å². The number of aliphatic hydroxyl groups excluding tert-OH is 1. The molecule has 3 rings (SSSR count). The molecule has 0 unspecified atom stereocenters. The molecular weight excluding hydrogens is 355 g/mol. The summed E-state index contributed by atoms with van der Waals surface area (Å²) in [5.41, 5.74) is 6.27. The number of nitrogens with two attached hydrogens (primary N) is 1. The number of halogens is 1. The van der Waals surface area contributed by atoms with E-state index in [9.17, 15) is 4.39 Å². The molecule has 0 aromatic carbocycles. The number of anilines is 3. The van der Waals surface area contributed by atoms with Crippen molar-refractivity contribution in [1.29, 1.82) is 0 Å². The Hall–Kier alpha value is -3.38. The van der Waals surface area contributed by atoms with Crippen LogP contribution in [0, 0.1) is 5.82 Å². The summed E-state index contributed by atoms with van der Waals surface area (Å²) >= 11 is 0. The third kappa shape index (κ3) is 4.62. The van der Waals surface area contributed by atoms with E-state index in [0.717, 1.165) is 6.20 Å². The zero-order chi connectivity index (χ0) is 19.1. The maximum Gasteiger partial charge on any atom is 0.231 e. The molecule has 142 valence electrons. The zero-order valence-electron chi connectivity index (χ0n) is 14.3. The first-order chi connectivity index (χ1) is 13.2. The number of aliphatic hydroxyl groups is 1. The predicted molar refractivity (Wildman–Crippen MR) is 97.7 cm³/mol. The van der Waals surface area contributed by atoms with Crippen molar-refractivity contribution in [1.82, 2.24) is 29.5 Å². The smallest absolute Gasteiger partial charge is 0.231 e. The van der Waals surface area contributed by atoms with Crippen molar-refractivity contribution in [3.63, 3.8) is 0 Å². The van der Waals surface area contributed by atoms with Crippen LogP contribution in [0.3, 0.4) is 0 Å². The van der Waals surface area contributed by atoms with Gasteiger partial charge in [0.15, 0.2) is 17.5 Å². The Morgan fingerprint density at radius 1 is 1.37 bits per heavy atom. The topological polar surface area (TPSA) is 155 Å². The van der Waals surface area contributed by atoms with E-state index in [4.69, 9.17) is 10.8 Å². The molecule has 0 fully saturated rings. The van der Waals surface area contributed by atoms with Gasteiger partial charge in [0.2, 0.25) is 11.9 Å². The number of aromatic nitrogens is 6. The minimum absolute atomic E-state index is 0.0142. The Labute approximate surface area is 153 Å². The summed E-state index contributed by atoms with van der Waals surface area (Å²) in [4.78, 5) is 23.2. The van der Waals surface area contributed by atoms with Crippen LogP contribution in [0.4, 0.5) is 27.9 Å². The normalized spacial score (nSPS) is 11.2. The molecule has 3 aromatic heterocycles. The molecule has 6 N–H and O–H groups in total. The lowest BCUT2D eigenvalue weighted by molar-refractivity contribution is 0.277. The van der Waals surface area contributed by atoms with Gasteiger partial charge in [-0.25, -0.2) is 24.3 Å². The maximum atomic E-state index is 13.9. The Balaban J connectivity index is 1.64. The lowest BCUT2D eigenvalue weighted by Crippen LogP contribution is -2.11. The number of aromatic amines is 1. The second kappa shape index (κ2) is 8.82. The number of hydrogen-bond donors (Lipinski definition) is 5. The van der Waals surface area contributed by atoms with Crippen LogP contribution in [0.15, 0.2) is 29.9 Å². The molecule has 0 aliphatic heterocycles. The van der Waals surface area contributed by atoms with Gasteiger partial charge in [0.05, 0.1) is 31.4 Å². The van der Waals surface area contributed by atoms with E-state index in [2.05, 4.69) is 40.5 Å². The van der Waals surface area contributed by atoms with E-state index in [0.29, 0.717) is 30.5 Å². The molecule has 0 saturated carbocycles. The van der Waals surface area contributed by atoms with Gasteiger partial charge in [0, 0.05) is 31.7 Å². The van der Waals surface area contributed by atoms with Crippen LogP contribution in [-0.2, 0) is 13.1 Å². The predicted octanol–water partition coefficient (Wildman–Crippen LogP) is 0.544. The van der Waals surface area contributed by atoms with Gasteiger partial charge in [-0.05, 0) is 0 Å². The number of rotatable bonds is 9. The number of H-pyrrole nitrogens is 1. The number of imidazole rings is 2. The van der Waals surface area contributed by atoms with Gasteiger partial charge < -0.3 is 25.7 Å². The van der Waals surface area contributed by atoms with Crippen molar-refractivity contribution in [3.05, 3.63) is 36.4 Å². The van der Waals surface area contributed by atoms with Crippen LogP contribution in [0.1, 0.15) is 5.69 Å². The summed E-state index contributed by atoms with van der Waals surface area (Å²) in [5.74, 6) is 0.505. The third-order valence-corrected chi connectivity index (χ3v) is 3.50. The first-order valence-electron chi connectivity index (χ1n) is 8.11. The van der Waals surface area contributed by atoms with Crippen molar-refractivity contribution in [3.8, 4) is 0 Å². The summed E-state index contributed by atoms with van der Waals surface area (Å²) in [6, 6.07) is 0. The molecule has 0 bridgehead atoms. The number of aliphatic imine (C=N–C) groups is 1. The summed E-state index contributed by atoms with van der Waals surface area (Å²) < 4.78 is 15.6. The standard InChI is InChI=1S/C15H19FN10O/c16-10-8-21-14(25-15-20-3-4-26(15)5-6-27)24-12(10)18-1-2-19-13-11(7-17)22-9-23-13/h2-4,8-9,27H,1,5-7,17H2,(H,22,23)(H2,18,20,21,24,25). The molecule has 27 heavy (non-hydrogen) atoms. The second-order valence-electron chi connectivity index (χ2n) is 5.28. The van der Waals surface area contributed by atoms with E-state index in [1.165, 1.54) is 12.5 Å². The SMILES string of the molecule is NCc1[nH]cnc1N=CCNc1nc(Nc2nccn2CCO)ncc1F. The van der Waals surface area contributed by atoms with Gasteiger partial charge in [-0.1, -0.05) is 0 Å². The summed E-state index contributed by atoms with van der Waals surface area (Å²) in [7, 11) is 0. The van der Waals surface area contributed by atoms with Crippen molar-refractivity contribution in [2.45, 2.75) is 13.1 Å². The fourth-order valence-electron chi connectivity index (χ4n) is 2.22. The first kappa shape index (κ1) is 18.4. The molecule has 3 aromatic rings. The Kier molecular flexibility index (Phi) is 6.02. The summed E-state index contributed by atoms with van der Waals surface area (Å²) in [6.45, 7) is 0.845. The molecule has 0 amide bonds. The lowest BCUT2D eigenvalue weighted by atomic mass is 10.4. The number of nitrogens with zero attached hydrogens (tertiary/aromatic N) is 6. The lowest BCUT2D eigenvalue weighted by Gasteiger charge is -2.09. The highest BCUT2D eigenvalue weighted by molar-refractivity contribution is 5.67. The van der Waals surface area contributed by atoms with Crippen molar-refractivity contribution < 1.29 is 9.50 Å². The van der Waals surface area contributed by atoms with Gasteiger partial charge >= 0.3 is 0 Å². The van der Waals surface area contributed by atoms with E-state index in [1.54, 1.807) is 17.0 Å². The molecule has 0 aliphatic rings. The van der Waals surface area contributed by atoms with Gasteiger partial charge in [-0.15, -0.1) is 0 Å². The second-order valence-corrected chi connectivity index (χ2v) is 5.28. The molecule has 0 spiro atoms. The number of nitrogens with one attached hydrogen (secondary N) is 3. The van der Waals surface area contributed by atoms with Crippen LogP contribution >= 0.6 is 0 Å². The highest BCUT2D eigenvalue weighted by atomic mass is 19.1. The highest BCUT2D eigenvalue weighted by Gasteiger charge is 2.09. The van der Waals surface area contributed by atoms with Gasteiger partial charge in [0.1, 0.15) is 0 Å². The molecule has 11 nitrogen and oxygen atoms in total. The van der Waals surface area contributed by atoms with Crippen molar-refractivity contribution in [2.75, 3.05) is 23.8 Å². The van der Waals surface area contributed by atoms with Crippen molar-refractivity contribution >= 4 is 29.7 Å². The molecule has 3 heterocycles. The maximum absolute atomic E-state index is 13.9. The van der Waals surface area contributed by atoms with E-state index >= 15 is 0 Å². The molecular formula is C15H19FN10O. The summed E-state index contributed by atoms with van der Waals surface area (Å²) in [6.07, 6.45) is 7.36. The van der Waals surface area contributed by atoms with Crippen LogP contribution < -0.4 is 16.4 Å². The minimum Gasteiger partial charge on any atom is -0.395 e. The van der Waals surface area contributed by atoms with E-state index in [1.807, 2.05) is 0 Å². The van der Waals surface area contributed by atoms with Crippen LogP contribution in [-0.4, -0.2) is 54.0 Å². The van der Waals surface area contributed by atoms with Gasteiger partial charge in [-0.3, -0.25) is 5.32 Å². The average Bonchev–Trinajstić information content (AvgIpc) is 3.30. The molecule has 12 heteroatoms. The van der Waals surface area contributed by atoms with Crippen LogP contribution in [0.5, 0.6) is 0 Å². The van der Waals surface area contributed by atoms with E-state index in [-0.39, 0.29) is 24.9 Å².